The third kappa shape index (κ3) is 1.78. The van der Waals surface area contributed by atoms with Crippen LogP contribution in [0.15, 0.2) is 0 Å². The van der Waals surface area contributed by atoms with Crippen LogP contribution >= 0.6 is 0 Å². The van der Waals surface area contributed by atoms with E-state index in [1.54, 1.807) is 0 Å². The summed E-state index contributed by atoms with van der Waals surface area (Å²) in [5.41, 5.74) is 6.40. The van der Waals surface area contributed by atoms with Gasteiger partial charge in [-0.3, -0.25) is 4.79 Å². The number of amides is 1. The molecule has 1 aliphatic heterocycles. The van der Waals surface area contributed by atoms with Gasteiger partial charge in [-0.25, -0.2) is 0 Å². The molecular weight excluding hydrogens is 188 g/mol. The molecule has 4 atom stereocenters. The highest BCUT2D eigenvalue weighted by Crippen LogP contribution is 2.57. The van der Waals surface area contributed by atoms with Crippen LogP contribution < -0.4 is 5.73 Å². The molecule has 1 aliphatic carbocycles. The Balaban J connectivity index is 1.92. The van der Waals surface area contributed by atoms with Gasteiger partial charge < -0.3 is 10.6 Å². The first-order valence-electron chi connectivity index (χ1n) is 6.02. The topological polar surface area (TPSA) is 46.3 Å². The SMILES string of the molecule is CC[C@H](C)C(N)C(=O)N1C[C@H]2C[C@@]2(C)C1. The second kappa shape index (κ2) is 3.48. The number of hydrogen-bond acceptors (Lipinski definition) is 2. The number of carbonyl (C=O) groups excluding carboxylic acids is 1. The number of likely N-dealkylation sites (tertiary alicyclic amines) is 1. The number of rotatable bonds is 3. The highest BCUT2D eigenvalue weighted by atomic mass is 16.2. The molecule has 2 fully saturated rings. The monoisotopic (exact) mass is 210 g/mol. The molecule has 3 heteroatoms. The number of nitrogens with zero attached hydrogens (tertiary/aromatic N) is 1. The summed E-state index contributed by atoms with van der Waals surface area (Å²) in [6.07, 6.45) is 2.27. The van der Waals surface area contributed by atoms with Crippen molar-refractivity contribution in [2.75, 3.05) is 13.1 Å². The van der Waals surface area contributed by atoms with Crippen molar-refractivity contribution in [1.29, 1.82) is 0 Å². The van der Waals surface area contributed by atoms with Gasteiger partial charge in [-0.05, 0) is 23.7 Å². The van der Waals surface area contributed by atoms with E-state index in [1.165, 1.54) is 6.42 Å². The predicted octanol–water partition coefficient (Wildman–Crippen LogP) is 1.23. The first-order chi connectivity index (χ1) is 6.98. The van der Waals surface area contributed by atoms with Gasteiger partial charge in [0.1, 0.15) is 0 Å². The number of fused-ring (bicyclic) bond motifs is 1. The van der Waals surface area contributed by atoms with Gasteiger partial charge in [0.15, 0.2) is 0 Å². The van der Waals surface area contributed by atoms with Crippen LogP contribution in [0, 0.1) is 17.3 Å². The van der Waals surface area contributed by atoms with Crippen molar-refractivity contribution in [2.24, 2.45) is 23.0 Å². The summed E-state index contributed by atoms with van der Waals surface area (Å²) in [6.45, 7) is 8.29. The van der Waals surface area contributed by atoms with Crippen LogP contribution in [-0.4, -0.2) is 29.9 Å². The first-order valence-corrected chi connectivity index (χ1v) is 6.02. The number of piperidine rings is 1. The fourth-order valence-corrected chi connectivity index (χ4v) is 2.63. The fraction of sp³-hybridized carbons (Fsp3) is 0.917. The number of carbonyl (C=O) groups is 1. The van der Waals surface area contributed by atoms with E-state index in [0.717, 1.165) is 25.4 Å². The summed E-state index contributed by atoms with van der Waals surface area (Å²) >= 11 is 0. The third-order valence-corrected chi connectivity index (χ3v) is 4.38. The minimum Gasteiger partial charge on any atom is -0.340 e. The normalized spacial score (nSPS) is 37.3. The Morgan fingerprint density at radius 2 is 2.33 bits per heavy atom. The molecule has 0 bridgehead atoms. The Labute approximate surface area is 92.0 Å². The molecule has 2 rings (SSSR count). The second-order valence-corrected chi connectivity index (χ2v) is 5.69. The van der Waals surface area contributed by atoms with Gasteiger partial charge in [0.2, 0.25) is 5.91 Å². The van der Waals surface area contributed by atoms with E-state index in [0.29, 0.717) is 11.3 Å². The third-order valence-electron chi connectivity index (χ3n) is 4.38. The van der Waals surface area contributed by atoms with Crippen molar-refractivity contribution >= 4 is 5.91 Å². The van der Waals surface area contributed by atoms with Gasteiger partial charge in [-0.2, -0.15) is 0 Å². The summed E-state index contributed by atoms with van der Waals surface area (Å²) in [4.78, 5) is 14.0. The quantitative estimate of drug-likeness (QED) is 0.761. The lowest BCUT2D eigenvalue weighted by Crippen LogP contribution is -2.47. The average molecular weight is 210 g/mol. The maximum Gasteiger partial charge on any atom is 0.239 e. The van der Waals surface area contributed by atoms with Crippen molar-refractivity contribution in [3.05, 3.63) is 0 Å². The smallest absolute Gasteiger partial charge is 0.239 e. The predicted molar refractivity (Wildman–Crippen MR) is 60.2 cm³/mol. The molecule has 86 valence electrons. The van der Waals surface area contributed by atoms with Crippen LogP contribution in [0.5, 0.6) is 0 Å². The van der Waals surface area contributed by atoms with E-state index in [2.05, 4.69) is 20.8 Å². The standard InChI is InChI=1S/C12H22N2O/c1-4-8(2)10(13)11(15)14-6-9-5-12(9,3)7-14/h8-10H,4-7,13H2,1-3H3/t8-,9+,10?,12-/m0/s1. The number of hydrogen-bond donors (Lipinski definition) is 1. The Bertz CT molecular complexity index is 279. The molecule has 0 aromatic carbocycles. The molecule has 2 N–H and O–H groups in total. The van der Waals surface area contributed by atoms with Crippen LogP contribution in [-0.2, 0) is 4.79 Å². The van der Waals surface area contributed by atoms with Gasteiger partial charge >= 0.3 is 0 Å². The van der Waals surface area contributed by atoms with Gasteiger partial charge in [0.25, 0.3) is 0 Å². The minimum atomic E-state index is -0.295. The maximum absolute atomic E-state index is 12.1. The Hall–Kier alpha value is -0.570. The maximum atomic E-state index is 12.1. The van der Waals surface area contributed by atoms with Crippen LogP contribution in [0.4, 0.5) is 0 Å². The van der Waals surface area contributed by atoms with Crippen LogP contribution in [0.2, 0.25) is 0 Å². The lowest BCUT2D eigenvalue weighted by molar-refractivity contribution is -0.133. The molecule has 15 heavy (non-hydrogen) atoms. The molecule has 2 aliphatic rings. The molecule has 1 saturated carbocycles. The van der Waals surface area contributed by atoms with Crippen molar-refractivity contribution < 1.29 is 4.79 Å². The summed E-state index contributed by atoms with van der Waals surface area (Å²) in [7, 11) is 0. The Morgan fingerprint density at radius 3 is 2.80 bits per heavy atom. The largest absolute Gasteiger partial charge is 0.340 e. The summed E-state index contributed by atoms with van der Waals surface area (Å²) < 4.78 is 0. The molecule has 1 heterocycles. The summed E-state index contributed by atoms with van der Waals surface area (Å²) in [5, 5.41) is 0. The lowest BCUT2D eigenvalue weighted by Gasteiger charge is -2.26. The summed E-state index contributed by atoms with van der Waals surface area (Å²) in [6, 6.07) is -0.295. The molecule has 0 aromatic heterocycles. The molecule has 0 spiro atoms. The van der Waals surface area contributed by atoms with Crippen LogP contribution in [0.1, 0.15) is 33.6 Å². The van der Waals surface area contributed by atoms with Crippen LogP contribution in [0.3, 0.4) is 0 Å². The molecule has 1 saturated heterocycles. The highest BCUT2D eigenvalue weighted by Gasteiger charge is 2.57. The Kier molecular flexibility index (Phi) is 2.53. The Morgan fingerprint density at radius 1 is 1.67 bits per heavy atom. The van der Waals surface area contributed by atoms with E-state index >= 15 is 0 Å². The molecule has 1 amide bonds. The minimum absolute atomic E-state index is 0.165. The average Bonchev–Trinajstić information content (AvgIpc) is 2.74. The van der Waals surface area contributed by atoms with E-state index in [4.69, 9.17) is 5.73 Å². The van der Waals surface area contributed by atoms with E-state index in [9.17, 15) is 4.79 Å². The molecule has 3 nitrogen and oxygen atoms in total. The van der Waals surface area contributed by atoms with Crippen molar-refractivity contribution in [3.8, 4) is 0 Å². The van der Waals surface area contributed by atoms with Crippen molar-refractivity contribution in [1.82, 2.24) is 4.90 Å². The zero-order chi connectivity index (χ0) is 11.2. The highest BCUT2D eigenvalue weighted by molar-refractivity contribution is 5.82. The van der Waals surface area contributed by atoms with Crippen molar-refractivity contribution in [2.45, 2.75) is 39.7 Å². The second-order valence-electron chi connectivity index (χ2n) is 5.69. The fourth-order valence-electron chi connectivity index (χ4n) is 2.63. The van der Waals surface area contributed by atoms with Gasteiger partial charge in [-0.1, -0.05) is 27.2 Å². The van der Waals surface area contributed by atoms with Gasteiger partial charge in [-0.15, -0.1) is 0 Å². The van der Waals surface area contributed by atoms with Crippen LogP contribution in [0.25, 0.3) is 0 Å². The van der Waals surface area contributed by atoms with Crippen molar-refractivity contribution in [3.63, 3.8) is 0 Å². The zero-order valence-electron chi connectivity index (χ0n) is 9.99. The van der Waals surface area contributed by atoms with Gasteiger partial charge in [0, 0.05) is 13.1 Å². The van der Waals surface area contributed by atoms with E-state index in [-0.39, 0.29) is 11.9 Å². The zero-order valence-corrected chi connectivity index (χ0v) is 9.99. The van der Waals surface area contributed by atoms with Gasteiger partial charge in [0.05, 0.1) is 6.04 Å². The number of nitrogens with two attached hydrogens (primary N) is 1. The summed E-state index contributed by atoms with van der Waals surface area (Å²) in [5.74, 6) is 1.21. The molecule has 1 unspecified atom stereocenters. The molecule has 0 radical (unpaired) electrons. The molecular formula is C12H22N2O. The van der Waals surface area contributed by atoms with E-state index < -0.39 is 0 Å². The molecule has 0 aromatic rings. The first kappa shape index (κ1) is 10.9. The lowest BCUT2D eigenvalue weighted by atomic mass is 9.99. The van der Waals surface area contributed by atoms with E-state index in [1.807, 2.05) is 4.90 Å².